The Balaban J connectivity index is 2.16. The topological polar surface area (TPSA) is 52.6 Å². The molecule has 1 aliphatic rings. The minimum atomic E-state index is -4.59. The van der Waals surface area contributed by atoms with Crippen LogP contribution in [0, 0.1) is 5.82 Å². The van der Waals surface area contributed by atoms with Gasteiger partial charge in [0.15, 0.2) is 0 Å². The number of nitrogens with zero attached hydrogens (tertiary/aromatic N) is 1. The van der Waals surface area contributed by atoms with Crippen LogP contribution >= 0.6 is 0 Å². The lowest BCUT2D eigenvalue weighted by molar-refractivity contribution is -0.154. The van der Waals surface area contributed by atoms with Gasteiger partial charge in [0, 0.05) is 24.3 Å². The minimum absolute atomic E-state index is 0.380. The molecule has 1 aromatic carbocycles. The van der Waals surface area contributed by atoms with E-state index in [0.717, 1.165) is 0 Å². The fourth-order valence-electron chi connectivity index (χ4n) is 2.82. The Morgan fingerprint density at radius 2 is 2.00 bits per heavy atom. The van der Waals surface area contributed by atoms with Crippen molar-refractivity contribution >= 4 is 11.6 Å². The third-order valence-corrected chi connectivity index (χ3v) is 4.00. The molecule has 4 nitrogen and oxygen atoms in total. The molecule has 2 N–H and O–H groups in total. The van der Waals surface area contributed by atoms with Crippen LogP contribution in [0.5, 0.6) is 0 Å². The van der Waals surface area contributed by atoms with Gasteiger partial charge in [-0.25, -0.2) is 4.39 Å². The number of halogens is 4. The lowest BCUT2D eigenvalue weighted by atomic mass is 10.0. The number of hydrogen-bond acceptors (Lipinski definition) is 3. The standard InChI is InChI=1S/C16H20F4N2O2/c1-10(21-15(24)9-16(18,19)20)13-8-11(17)2-3-14(13)22-6-4-12(23)5-7-22/h2-3,8,10,12,23H,4-7,9H2,1H3,(H,21,24). The van der Waals surface area contributed by atoms with Crippen LogP contribution in [-0.4, -0.2) is 36.4 Å². The molecule has 24 heavy (non-hydrogen) atoms. The van der Waals surface area contributed by atoms with E-state index in [-0.39, 0.29) is 6.10 Å². The Hall–Kier alpha value is -1.83. The van der Waals surface area contributed by atoms with E-state index >= 15 is 0 Å². The Morgan fingerprint density at radius 3 is 2.58 bits per heavy atom. The molecule has 0 spiro atoms. The molecule has 1 saturated heterocycles. The van der Waals surface area contributed by atoms with Gasteiger partial charge in [-0.15, -0.1) is 0 Å². The molecule has 1 heterocycles. The number of benzene rings is 1. The van der Waals surface area contributed by atoms with Gasteiger partial charge in [-0.1, -0.05) is 0 Å². The Labute approximate surface area is 137 Å². The molecular weight excluding hydrogens is 328 g/mol. The van der Waals surface area contributed by atoms with Crippen molar-refractivity contribution in [2.75, 3.05) is 18.0 Å². The van der Waals surface area contributed by atoms with Gasteiger partial charge in [-0.05, 0) is 38.0 Å². The maximum atomic E-state index is 13.6. The Bertz CT molecular complexity index is 584. The van der Waals surface area contributed by atoms with Crippen LogP contribution in [0.25, 0.3) is 0 Å². The summed E-state index contributed by atoms with van der Waals surface area (Å²) in [7, 11) is 0. The Morgan fingerprint density at radius 1 is 1.38 bits per heavy atom. The van der Waals surface area contributed by atoms with Crippen LogP contribution in [0.1, 0.15) is 37.8 Å². The van der Waals surface area contributed by atoms with Crippen molar-refractivity contribution in [1.29, 1.82) is 0 Å². The van der Waals surface area contributed by atoms with Gasteiger partial charge in [-0.3, -0.25) is 4.79 Å². The van der Waals surface area contributed by atoms with Crippen LogP contribution in [0.15, 0.2) is 18.2 Å². The highest BCUT2D eigenvalue weighted by Crippen LogP contribution is 2.30. The van der Waals surface area contributed by atoms with Gasteiger partial charge in [0.05, 0.1) is 12.1 Å². The second-order valence-corrected chi connectivity index (χ2v) is 6.00. The normalized spacial score (nSPS) is 17.7. The average molecular weight is 348 g/mol. The summed E-state index contributed by atoms with van der Waals surface area (Å²) in [6.45, 7) is 2.64. The lowest BCUT2D eigenvalue weighted by Gasteiger charge is -2.34. The highest BCUT2D eigenvalue weighted by atomic mass is 19.4. The zero-order chi connectivity index (χ0) is 17.9. The van der Waals surface area contributed by atoms with Crippen molar-refractivity contribution in [3.8, 4) is 0 Å². The largest absolute Gasteiger partial charge is 0.397 e. The summed E-state index contributed by atoms with van der Waals surface area (Å²) < 4.78 is 50.4. The van der Waals surface area contributed by atoms with Crippen LogP contribution in [-0.2, 0) is 4.79 Å². The molecule has 1 aliphatic heterocycles. The number of carbonyl (C=O) groups is 1. The molecule has 1 aromatic rings. The van der Waals surface area contributed by atoms with Gasteiger partial charge < -0.3 is 15.3 Å². The molecular formula is C16H20F4N2O2. The third kappa shape index (κ3) is 5.09. The van der Waals surface area contributed by atoms with Crippen molar-refractivity contribution < 1.29 is 27.5 Å². The highest BCUT2D eigenvalue weighted by Gasteiger charge is 2.32. The molecule has 1 amide bonds. The molecule has 1 fully saturated rings. The van der Waals surface area contributed by atoms with Crippen molar-refractivity contribution in [2.45, 2.75) is 44.5 Å². The smallest absolute Gasteiger partial charge is 0.393 e. The molecule has 0 saturated carbocycles. The SMILES string of the molecule is CC(NC(=O)CC(F)(F)F)c1cc(F)ccc1N1CCC(O)CC1. The Kier molecular flexibility index (Phi) is 5.69. The van der Waals surface area contributed by atoms with E-state index in [1.807, 2.05) is 4.90 Å². The fraction of sp³-hybridized carbons (Fsp3) is 0.562. The first-order chi connectivity index (χ1) is 11.2. The number of aliphatic hydroxyl groups excluding tert-OH is 1. The number of aliphatic hydroxyl groups is 1. The van der Waals surface area contributed by atoms with Crippen molar-refractivity contribution in [3.63, 3.8) is 0 Å². The van der Waals surface area contributed by atoms with Crippen LogP contribution in [0.2, 0.25) is 0 Å². The number of piperidine rings is 1. The van der Waals surface area contributed by atoms with Crippen LogP contribution in [0.3, 0.4) is 0 Å². The summed E-state index contributed by atoms with van der Waals surface area (Å²) >= 11 is 0. The minimum Gasteiger partial charge on any atom is -0.393 e. The first-order valence-corrected chi connectivity index (χ1v) is 7.74. The average Bonchev–Trinajstić information content (AvgIpc) is 2.46. The fourth-order valence-corrected chi connectivity index (χ4v) is 2.82. The van der Waals surface area contributed by atoms with E-state index in [9.17, 15) is 27.5 Å². The summed E-state index contributed by atoms with van der Waals surface area (Å²) in [6.07, 6.45) is -5.42. The molecule has 1 atom stereocenters. The van der Waals surface area contributed by atoms with E-state index in [1.165, 1.54) is 19.1 Å². The van der Waals surface area contributed by atoms with Crippen molar-refractivity contribution in [2.24, 2.45) is 0 Å². The van der Waals surface area contributed by atoms with Crippen LogP contribution < -0.4 is 10.2 Å². The summed E-state index contributed by atoms with van der Waals surface area (Å²) in [4.78, 5) is 13.4. The zero-order valence-electron chi connectivity index (χ0n) is 13.2. The van der Waals surface area contributed by atoms with E-state index < -0.39 is 30.4 Å². The molecule has 0 aliphatic carbocycles. The number of alkyl halides is 3. The zero-order valence-corrected chi connectivity index (χ0v) is 13.2. The van der Waals surface area contributed by atoms with E-state index in [1.54, 1.807) is 6.07 Å². The molecule has 1 unspecified atom stereocenters. The first-order valence-electron chi connectivity index (χ1n) is 7.74. The number of carbonyl (C=O) groups excluding carboxylic acids is 1. The predicted octanol–water partition coefficient (Wildman–Crippen LogP) is 2.92. The maximum Gasteiger partial charge on any atom is 0.397 e. The van der Waals surface area contributed by atoms with E-state index in [2.05, 4.69) is 5.32 Å². The van der Waals surface area contributed by atoms with Gasteiger partial charge >= 0.3 is 6.18 Å². The maximum absolute atomic E-state index is 13.6. The van der Waals surface area contributed by atoms with Crippen molar-refractivity contribution in [3.05, 3.63) is 29.6 Å². The summed E-state index contributed by atoms with van der Waals surface area (Å²) in [5.41, 5.74) is 1.07. The number of hydrogen-bond donors (Lipinski definition) is 2. The molecule has 134 valence electrons. The molecule has 8 heteroatoms. The van der Waals surface area contributed by atoms with E-state index in [4.69, 9.17) is 0 Å². The first kappa shape index (κ1) is 18.5. The summed E-state index contributed by atoms with van der Waals surface area (Å²) in [5, 5.41) is 11.8. The second-order valence-electron chi connectivity index (χ2n) is 6.00. The molecule has 0 aromatic heterocycles. The third-order valence-electron chi connectivity index (χ3n) is 4.00. The quantitative estimate of drug-likeness (QED) is 0.823. The van der Waals surface area contributed by atoms with E-state index in [0.29, 0.717) is 37.2 Å². The number of amides is 1. The summed E-state index contributed by atoms with van der Waals surface area (Å²) in [6, 6.07) is 3.28. The van der Waals surface area contributed by atoms with Gasteiger partial charge in [0.1, 0.15) is 12.2 Å². The molecule has 0 radical (unpaired) electrons. The molecule has 2 rings (SSSR count). The number of nitrogens with one attached hydrogen (secondary N) is 1. The van der Waals surface area contributed by atoms with Gasteiger partial charge in [0.2, 0.25) is 5.91 Å². The van der Waals surface area contributed by atoms with Crippen LogP contribution in [0.4, 0.5) is 23.2 Å². The highest BCUT2D eigenvalue weighted by molar-refractivity contribution is 5.77. The second kappa shape index (κ2) is 7.38. The predicted molar refractivity (Wildman–Crippen MR) is 81.1 cm³/mol. The number of rotatable bonds is 4. The lowest BCUT2D eigenvalue weighted by Crippen LogP contribution is -2.37. The summed E-state index contributed by atoms with van der Waals surface area (Å²) in [5.74, 6) is -1.68. The number of anilines is 1. The van der Waals surface area contributed by atoms with Gasteiger partial charge in [0.25, 0.3) is 0 Å². The molecule has 0 bridgehead atoms. The van der Waals surface area contributed by atoms with Gasteiger partial charge in [-0.2, -0.15) is 13.2 Å². The monoisotopic (exact) mass is 348 g/mol. The van der Waals surface area contributed by atoms with Crippen molar-refractivity contribution in [1.82, 2.24) is 5.32 Å².